The molecule has 0 aliphatic heterocycles. The number of nitrogens with one attached hydrogen (secondary N) is 1. The fourth-order valence-corrected chi connectivity index (χ4v) is 1.63. The second-order valence-electron chi connectivity index (χ2n) is 3.65. The Morgan fingerprint density at radius 1 is 1.40 bits per heavy atom. The largest absolute Gasteiger partial charge is 0.502 e. The van der Waals surface area contributed by atoms with Gasteiger partial charge in [0.15, 0.2) is 0 Å². The van der Waals surface area contributed by atoms with Crippen LogP contribution in [0.1, 0.15) is 5.56 Å². The molecule has 1 amide bonds. The lowest BCUT2D eigenvalue weighted by Gasteiger charge is -2.05. The van der Waals surface area contributed by atoms with Crippen molar-refractivity contribution in [3.05, 3.63) is 45.9 Å². The van der Waals surface area contributed by atoms with Crippen molar-refractivity contribution in [2.24, 2.45) is 0 Å². The minimum Gasteiger partial charge on any atom is -0.502 e. The molecule has 8 heteroatoms. The van der Waals surface area contributed by atoms with E-state index in [2.05, 4.69) is 15.9 Å². The molecule has 1 rings (SSSR count). The molecular formula is C12H11BrFNO5. The second-order valence-corrected chi connectivity index (χ2v) is 4.50. The number of hydrogen-bond donors (Lipinski definition) is 3. The van der Waals surface area contributed by atoms with Crippen LogP contribution in [-0.2, 0) is 20.8 Å². The molecule has 1 aromatic rings. The van der Waals surface area contributed by atoms with Gasteiger partial charge in [-0.1, -0.05) is 6.07 Å². The van der Waals surface area contributed by atoms with E-state index in [9.17, 15) is 14.0 Å². The number of hydroxylamine groups is 1. The molecule has 0 aromatic heterocycles. The average molecular weight is 348 g/mol. The quantitative estimate of drug-likeness (QED) is 0.315. The van der Waals surface area contributed by atoms with Crippen LogP contribution in [0.15, 0.2) is 34.5 Å². The number of hydrogen-bond acceptors (Lipinski definition) is 4. The maximum atomic E-state index is 13.0. The summed E-state index contributed by atoms with van der Waals surface area (Å²) >= 11 is 3.04. The number of halogens is 2. The van der Waals surface area contributed by atoms with Gasteiger partial charge < -0.3 is 10.2 Å². The molecule has 0 radical (unpaired) electrons. The summed E-state index contributed by atoms with van der Waals surface area (Å²) in [6.45, 7) is 0.103. The van der Waals surface area contributed by atoms with Gasteiger partial charge in [-0.3, -0.25) is 9.63 Å². The van der Waals surface area contributed by atoms with Crippen molar-refractivity contribution in [2.75, 3.05) is 6.61 Å². The lowest BCUT2D eigenvalue weighted by molar-refractivity contribution is -0.136. The summed E-state index contributed by atoms with van der Waals surface area (Å²) in [4.78, 5) is 26.1. The molecule has 0 saturated heterocycles. The summed E-state index contributed by atoms with van der Waals surface area (Å²) in [5.74, 6) is -3.98. The van der Waals surface area contributed by atoms with Gasteiger partial charge in [-0.05, 0) is 40.0 Å². The maximum Gasteiger partial charge on any atom is 0.371 e. The Hall–Kier alpha value is -1.93. The monoisotopic (exact) mass is 347 g/mol. The van der Waals surface area contributed by atoms with Gasteiger partial charge in [0.1, 0.15) is 5.82 Å². The van der Waals surface area contributed by atoms with E-state index in [1.165, 1.54) is 6.07 Å². The summed E-state index contributed by atoms with van der Waals surface area (Å²) in [6, 6.07) is 4.45. The molecule has 0 aliphatic rings. The first-order valence-corrected chi connectivity index (χ1v) is 6.19. The third kappa shape index (κ3) is 5.37. The Kier molecular flexibility index (Phi) is 6.13. The van der Waals surface area contributed by atoms with Crippen molar-refractivity contribution in [3.8, 4) is 0 Å². The van der Waals surface area contributed by atoms with Crippen LogP contribution in [0.25, 0.3) is 0 Å². The van der Waals surface area contributed by atoms with E-state index in [0.717, 1.165) is 5.56 Å². The normalized spacial score (nSPS) is 11.2. The van der Waals surface area contributed by atoms with Crippen LogP contribution in [0.3, 0.4) is 0 Å². The van der Waals surface area contributed by atoms with Gasteiger partial charge >= 0.3 is 5.97 Å². The molecule has 0 heterocycles. The zero-order valence-corrected chi connectivity index (χ0v) is 11.7. The smallest absolute Gasteiger partial charge is 0.371 e. The Bertz CT molecular complexity index is 547. The third-order valence-electron chi connectivity index (χ3n) is 2.14. The number of carboxylic acids is 1. The molecule has 108 valence electrons. The fourth-order valence-electron chi connectivity index (χ4n) is 1.20. The van der Waals surface area contributed by atoms with Crippen LogP contribution in [0.4, 0.5) is 4.39 Å². The van der Waals surface area contributed by atoms with E-state index < -0.39 is 17.6 Å². The minimum absolute atomic E-state index is 0.103. The molecule has 3 N–H and O–H groups in total. The SMILES string of the molecule is O=C(C=C(O)C(=O)O)NOCCc1ccc(F)c(Br)c1. The number of aliphatic hydroxyl groups is 1. The van der Waals surface area contributed by atoms with Crippen molar-refractivity contribution < 1.29 is 29.0 Å². The van der Waals surface area contributed by atoms with Crippen molar-refractivity contribution in [1.82, 2.24) is 5.48 Å². The van der Waals surface area contributed by atoms with Crippen LogP contribution < -0.4 is 5.48 Å². The standard InChI is InChI=1S/C12H11BrFNO5/c13-8-5-7(1-2-9(8)14)3-4-20-15-11(17)6-10(16)12(18)19/h1-2,5-6,16H,3-4H2,(H,15,17)(H,18,19). The summed E-state index contributed by atoms with van der Waals surface area (Å²) in [6.07, 6.45) is 0.893. The van der Waals surface area contributed by atoms with E-state index >= 15 is 0 Å². The van der Waals surface area contributed by atoms with E-state index in [0.29, 0.717) is 17.0 Å². The van der Waals surface area contributed by atoms with Crippen LogP contribution >= 0.6 is 15.9 Å². The van der Waals surface area contributed by atoms with Crippen LogP contribution in [0, 0.1) is 5.82 Å². The molecule has 0 spiro atoms. The first-order chi connectivity index (χ1) is 9.40. The summed E-state index contributed by atoms with van der Waals surface area (Å²) in [5, 5.41) is 17.1. The van der Waals surface area contributed by atoms with Crippen molar-refractivity contribution >= 4 is 27.8 Å². The fraction of sp³-hybridized carbons (Fsp3) is 0.167. The number of carbonyl (C=O) groups is 2. The van der Waals surface area contributed by atoms with Gasteiger partial charge in [-0.2, -0.15) is 0 Å². The zero-order valence-electron chi connectivity index (χ0n) is 10.1. The number of aliphatic carboxylic acids is 1. The molecule has 0 atom stereocenters. The number of benzene rings is 1. The average Bonchev–Trinajstić information content (AvgIpc) is 2.38. The van der Waals surface area contributed by atoms with Crippen LogP contribution in [0.2, 0.25) is 0 Å². The molecule has 0 unspecified atom stereocenters. The lowest BCUT2D eigenvalue weighted by Crippen LogP contribution is -2.23. The number of amides is 1. The molecular weight excluding hydrogens is 337 g/mol. The van der Waals surface area contributed by atoms with Gasteiger partial charge in [-0.25, -0.2) is 14.7 Å². The molecule has 20 heavy (non-hydrogen) atoms. The van der Waals surface area contributed by atoms with Crippen LogP contribution in [0.5, 0.6) is 0 Å². The van der Waals surface area contributed by atoms with Gasteiger partial charge in [0, 0.05) is 0 Å². The van der Waals surface area contributed by atoms with Gasteiger partial charge in [0.25, 0.3) is 5.91 Å². The highest BCUT2D eigenvalue weighted by Gasteiger charge is 2.07. The van der Waals surface area contributed by atoms with Crippen molar-refractivity contribution in [1.29, 1.82) is 0 Å². The summed E-state index contributed by atoms with van der Waals surface area (Å²) in [7, 11) is 0. The Balaban J connectivity index is 2.35. The highest BCUT2D eigenvalue weighted by Crippen LogP contribution is 2.16. The Labute approximate surface area is 121 Å². The predicted molar refractivity (Wildman–Crippen MR) is 70.2 cm³/mol. The minimum atomic E-state index is -1.61. The van der Waals surface area contributed by atoms with E-state index in [4.69, 9.17) is 15.1 Å². The molecule has 0 fully saturated rings. The van der Waals surface area contributed by atoms with E-state index in [-0.39, 0.29) is 12.4 Å². The van der Waals surface area contributed by atoms with Gasteiger partial charge in [0.2, 0.25) is 5.76 Å². The second kappa shape index (κ2) is 7.61. The lowest BCUT2D eigenvalue weighted by atomic mass is 10.2. The first-order valence-electron chi connectivity index (χ1n) is 5.40. The zero-order chi connectivity index (χ0) is 15.1. The molecule has 0 aliphatic carbocycles. The van der Waals surface area contributed by atoms with E-state index in [1.807, 2.05) is 5.48 Å². The topological polar surface area (TPSA) is 95.9 Å². The maximum absolute atomic E-state index is 13.0. The number of aliphatic hydroxyl groups excluding tert-OH is 1. The third-order valence-corrected chi connectivity index (χ3v) is 2.74. The first kappa shape index (κ1) is 16.1. The summed E-state index contributed by atoms with van der Waals surface area (Å²) < 4.78 is 13.3. The number of carbonyl (C=O) groups excluding carboxylic acids is 1. The highest BCUT2D eigenvalue weighted by molar-refractivity contribution is 9.10. The van der Waals surface area contributed by atoms with Crippen LogP contribution in [-0.4, -0.2) is 28.7 Å². The summed E-state index contributed by atoms with van der Waals surface area (Å²) in [5.41, 5.74) is 2.73. The van der Waals surface area contributed by atoms with Crippen molar-refractivity contribution in [2.45, 2.75) is 6.42 Å². The predicted octanol–water partition coefficient (Wildman–Crippen LogP) is 1.70. The number of carboxylic acid groups (broad SMARTS) is 1. The molecule has 0 saturated carbocycles. The molecule has 1 aromatic carbocycles. The molecule has 6 nitrogen and oxygen atoms in total. The highest BCUT2D eigenvalue weighted by atomic mass is 79.9. The van der Waals surface area contributed by atoms with E-state index in [1.54, 1.807) is 12.1 Å². The van der Waals surface area contributed by atoms with Gasteiger partial charge in [-0.15, -0.1) is 0 Å². The van der Waals surface area contributed by atoms with Crippen molar-refractivity contribution in [3.63, 3.8) is 0 Å². The Morgan fingerprint density at radius 2 is 2.10 bits per heavy atom. The molecule has 0 bridgehead atoms. The number of rotatable bonds is 6. The van der Waals surface area contributed by atoms with Gasteiger partial charge in [0.05, 0.1) is 17.2 Å². The Morgan fingerprint density at radius 3 is 2.70 bits per heavy atom.